The van der Waals surface area contributed by atoms with Crippen molar-refractivity contribution in [2.45, 2.75) is 0 Å². The van der Waals surface area contributed by atoms with Gasteiger partial charge in [0.2, 0.25) is 0 Å². The van der Waals surface area contributed by atoms with Crippen LogP contribution in [-0.2, 0) is 23.2 Å². The van der Waals surface area contributed by atoms with Crippen LogP contribution in [0.4, 0.5) is 0 Å². The Hall–Kier alpha value is 2.07. The first-order valence-electron chi connectivity index (χ1n) is 0.204. The second-order valence-corrected chi connectivity index (χ2v) is 0. The molecule has 0 aromatic rings. The number of hydrogen-bond acceptors (Lipinski definition) is 1. The van der Waals surface area contributed by atoms with Crippen molar-refractivity contribution < 1.29 is 23.2 Å². The van der Waals surface area contributed by atoms with Crippen LogP contribution in [0.25, 0.3) is 0 Å². The minimum atomic E-state index is 0. The largest absolute Gasteiger partial charge is 0 e. The summed E-state index contributed by atoms with van der Waals surface area (Å²) >= 11 is 0.300. The van der Waals surface area contributed by atoms with E-state index in [-0.39, 0.29) is 44.5 Å². The molecule has 6 radical (unpaired) electrons. The third kappa shape index (κ3) is 8.95. The van der Waals surface area contributed by atoms with Gasteiger partial charge in [-0.05, 0) is 0 Å². The Kier molecular flexibility index (Phi) is 81.2. The molecule has 0 aliphatic rings. The molecule has 4 heavy (non-hydrogen) atoms. The van der Waals surface area contributed by atoms with Crippen LogP contribution in [0.2, 0.25) is 0 Å². The van der Waals surface area contributed by atoms with Crippen molar-refractivity contribution >= 4 is 46.9 Å². The van der Waals surface area contributed by atoms with Gasteiger partial charge in [-0.1, -0.05) is 0 Å². The van der Waals surface area contributed by atoms with Crippen molar-refractivity contribution in [1.29, 1.82) is 0 Å². The third-order valence-electron chi connectivity index (χ3n) is 0. The van der Waals surface area contributed by atoms with Crippen molar-refractivity contribution in [2.75, 3.05) is 0 Å². The molecule has 0 saturated carbocycles. The van der Waals surface area contributed by atoms with E-state index in [9.17, 15) is 0 Å². The minimum absolute atomic E-state index is 0. The monoisotopic (exact) mass is 450 g/mol. The summed E-state index contributed by atoms with van der Waals surface area (Å²) in [6, 6.07) is 0. The molecule has 24 valence electrons. The summed E-state index contributed by atoms with van der Waals surface area (Å²) < 4.78 is 8.34. The summed E-state index contributed by atoms with van der Waals surface area (Å²) in [6.07, 6.45) is 0. The van der Waals surface area contributed by atoms with Gasteiger partial charge < -0.3 is 0 Å². The van der Waals surface area contributed by atoms with Gasteiger partial charge in [-0.2, -0.15) is 0 Å². The second kappa shape index (κ2) is 19.6. The fourth-order valence-corrected chi connectivity index (χ4v) is 0. The summed E-state index contributed by atoms with van der Waals surface area (Å²) in [5.74, 6) is 0. The molecule has 0 aromatic heterocycles. The summed E-state index contributed by atoms with van der Waals surface area (Å²) in [5.41, 5.74) is 0. The molecular formula is IrOSbSn. The molecule has 0 N–H and O–H groups in total. The molecule has 0 aliphatic carbocycles. The van der Waals surface area contributed by atoms with E-state index in [1.807, 2.05) is 0 Å². The molecule has 0 unspecified atom stereocenters. The van der Waals surface area contributed by atoms with E-state index in [2.05, 4.69) is 0 Å². The third-order valence-corrected chi connectivity index (χ3v) is 0. The second-order valence-electron chi connectivity index (χ2n) is 0. The first-order valence-corrected chi connectivity index (χ1v) is 1.37. The molecule has 0 saturated heterocycles. The molecule has 0 atom stereocenters. The Morgan fingerprint density at radius 2 is 1.25 bits per heavy atom. The van der Waals surface area contributed by atoms with Crippen molar-refractivity contribution in [3.8, 4) is 0 Å². The van der Waals surface area contributed by atoms with Gasteiger partial charge in [0.1, 0.15) is 0 Å². The average Bonchev–Trinajstić information content (AvgIpc) is 1.00. The molecule has 0 fully saturated rings. The van der Waals surface area contributed by atoms with E-state index >= 15 is 0 Å². The van der Waals surface area contributed by atoms with Gasteiger partial charge >= 0.3 is 25.6 Å². The van der Waals surface area contributed by atoms with Crippen LogP contribution in [0, 0.1) is 0 Å². The topological polar surface area (TPSA) is 17.1 Å². The van der Waals surface area contributed by atoms with Crippen LogP contribution in [0.1, 0.15) is 0 Å². The van der Waals surface area contributed by atoms with Gasteiger partial charge in [-0.15, -0.1) is 0 Å². The standard InChI is InChI=1S/Ir.O.Sb.Sn. The zero-order chi connectivity index (χ0) is 2.00. The van der Waals surface area contributed by atoms with Gasteiger partial charge in [-0.25, -0.2) is 0 Å². The Balaban J connectivity index is -0.00000000500. The van der Waals surface area contributed by atoms with E-state index in [0.29, 0.717) is 22.5 Å². The first kappa shape index (κ1) is 16.6. The van der Waals surface area contributed by atoms with Crippen molar-refractivity contribution in [2.24, 2.45) is 0 Å². The first-order chi connectivity index (χ1) is 1.00. The van der Waals surface area contributed by atoms with Gasteiger partial charge in [-0.3, -0.25) is 0 Å². The van der Waals surface area contributed by atoms with Crippen LogP contribution in [0.5, 0.6) is 0 Å². The van der Waals surface area contributed by atoms with E-state index in [0.717, 1.165) is 0 Å². The van der Waals surface area contributed by atoms with E-state index in [4.69, 9.17) is 3.08 Å². The zero-order valence-corrected chi connectivity index (χ0v) is 9.49. The van der Waals surface area contributed by atoms with Crippen LogP contribution >= 0.6 is 0 Å². The Labute approximate surface area is 69.2 Å². The molecule has 0 bridgehead atoms. The van der Waals surface area contributed by atoms with Crippen LogP contribution in [-0.4, -0.2) is 46.9 Å². The summed E-state index contributed by atoms with van der Waals surface area (Å²) in [4.78, 5) is 0. The van der Waals surface area contributed by atoms with Crippen LogP contribution < -0.4 is 0 Å². The van der Waals surface area contributed by atoms with Crippen molar-refractivity contribution in [3.05, 3.63) is 0 Å². The van der Waals surface area contributed by atoms with E-state index in [1.54, 1.807) is 0 Å². The molecule has 4 heteroatoms. The fourth-order valence-electron chi connectivity index (χ4n) is 0. The molecule has 0 spiro atoms. The maximum absolute atomic E-state index is 8.34. The molecule has 0 amide bonds. The van der Waals surface area contributed by atoms with E-state index in [1.165, 1.54) is 0 Å². The Morgan fingerprint density at radius 1 is 1.25 bits per heavy atom. The predicted octanol–water partition coefficient (Wildman–Crippen LogP) is -0.883. The molecule has 1 nitrogen and oxygen atoms in total. The molecule has 0 aromatic carbocycles. The van der Waals surface area contributed by atoms with Crippen LogP contribution in [0.3, 0.4) is 0 Å². The fraction of sp³-hybridized carbons (Fsp3) is 0. The summed E-state index contributed by atoms with van der Waals surface area (Å²) in [7, 11) is 0. The SMILES string of the molecule is [Ir].[O]=[Sn].[Sb]. The van der Waals surface area contributed by atoms with Gasteiger partial charge in [0, 0.05) is 44.5 Å². The smallest absolute Gasteiger partial charge is 0 e. The maximum Gasteiger partial charge on any atom is 0 e. The predicted molar refractivity (Wildman–Crippen MR) is 12.2 cm³/mol. The average molecular weight is 449 g/mol. The van der Waals surface area contributed by atoms with Gasteiger partial charge in [0.05, 0.1) is 0 Å². The maximum atomic E-state index is 8.34. The van der Waals surface area contributed by atoms with Gasteiger partial charge in [0.15, 0.2) is 0 Å². The molecule has 0 heterocycles. The summed E-state index contributed by atoms with van der Waals surface area (Å²) in [5, 5.41) is 0. The quantitative estimate of drug-likeness (QED) is 0.440. The normalized spacial score (nSPS) is 1.00. The van der Waals surface area contributed by atoms with Crippen molar-refractivity contribution in [1.82, 2.24) is 0 Å². The summed E-state index contributed by atoms with van der Waals surface area (Å²) in [6.45, 7) is 0. The van der Waals surface area contributed by atoms with E-state index < -0.39 is 0 Å². The van der Waals surface area contributed by atoms with Crippen LogP contribution in [0.15, 0.2) is 0 Å². The van der Waals surface area contributed by atoms with Crippen molar-refractivity contribution in [3.63, 3.8) is 0 Å². The Bertz CT molecular complexity index is 8.00. The molecule has 0 rings (SSSR count). The minimum Gasteiger partial charge on any atom is 0 e. The molecule has 0 aliphatic heterocycles. The number of rotatable bonds is 0. The Morgan fingerprint density at radius 3 is 1.25 bits per heavy atom. The van der Waals surface area contributed by atoms with Gasteiger partial charge in [0.25, 0.3) is 0 Å². The number of hydrogen-bond donors (Lipinski definition) is 0. The zero-order valence-electron chi connectivity index (χ0n) is 1.69. The molecular weight excluding hydrogens is 449 g/mol.